The Bertz CT molecular complexity index is 726. The van der Waals surface area contributed by atoms with Crippen LogP contribution in [-0.4, -0.2) is 28.7 Å². The highest BCUT2D eigenvalue weighted by Crippen LogP contribution is 2.31. The van der Waals surface area contributed by atoms with E-state index in [1.165, 1.54) is 6.21 Å². The SMILES string of the molecule is Cn1cc(I)c(C(=O)N/N=C\c2ccc3c(c2)OCO3)n1. The molecule has 0 saturated carbocycles. The van der Waals surface area contributed by atoms with Gasteiger partial charge in [0.2, 0.25) is 6.79 Å². The van der Waals surface area contributed by atoms with Crippen LogP contribution in [0.2, 0.25) is 0 Å². The summed E-state index contributed by atoms with van der Waals surface area (Å²) in [6.07, 6.45) is 3.30. The van der Waals surface area contributed by atoms with Gasteiger partial charge in [-0.25, -0.2) is 5.43 Å². The number of hydrazone groups is 1. The molecule has 7 nitrogen and oxygen atoms in total. The fourth-order valence-corrected chi connectivity index (χ4v) is 2.58. The number of aromatic nitrogens is 2. The molecule has 108 valence electrons. The summed E-state index contributed by atoms with van der Waals surface area (Å²) in [5, 5.41) is 7.99. The van der Waals surface area contributed by atoms with E-state index in [0.29, 0.717) is 17.2 Å². The molecule has 2 heterocycles. The van der Waals surface area contributed by atoms with Crippen molar-refractivity contribution in [2.75, 3.05) is 6.79 Å². The molecule has 1 aliphatic rings. The number of ether oxygens (including phenoxy) is 2. The van der Waals surface area contributed by atoms with Gasteiger partial charge < -0.3 is 9.47 Å². The van der Waals surface area contributed by atoms with Gasteiger partial charge in [0, 0.05) is 13.2 Å². The van der Waals surface area contributed by atoms with Crippen molar-refractivity contribution in [1.82, 2.24) is 15.2 Å². The van der Waals surface area contributed by atoms with E-state index in [4.69, 9.17) is 9.47 Å². The first-order valence-corrected chi connectivity index (χ1v) is 7.13. The minimum Gasteiger partial charge on any atom is -0.454 e. The van der Waals surface area contributed by atoms with Crippen molar-refractivity contribution in [1.29, 1.82) is 0 Å². The van der Waals surface area contributed by atoms with Gasteiger partial charge in [0.05, 0.1) is 9.78 Å². The minimum atomic E-state index is -0.350. The van der Waals surface area contributed by atoms with Gasteiger partial charge in [0.25, 0.3) is 5.91 Å². The maximum absolute atomic E-state index is 11.9. The lowest BCUT2D eigenvalue weighted by atomic mass is 10.2. The average molecular weight is 398 g/mol. The Hall–Kier alpha value is -2.10. The molecule has 0 fully saturated rings. The molecule has 0 atom stereocenters. The van der Waals surface area contributed by atoms with Crippen LogP contribution in [-0.2, 0) is 7.05 Å². The molecule has 0 bridgehead atoms. The van der Waals surface area contributed by atoms with Crippen LogP contribution in [0.5, 0.6) is 11.5 Å². The fourth-order valence-electron chi connectivity index (χ4n) is 1.83. The molecule has 1 aromatic carbocycles. The Morgan fingerprint density at radius 1 is 1.48 bits per heavy atom. The summed E-state index contributed by atoms with van der Waals surface area (Å²) in [4.78, 5) is 11.9. The van der Waals surface area contributed by atoms with Crippen LogP contribution in [0.4, 0.5) is 0 Å². The van der Waals surface area contributed by atoms with Crippen molar-refractivity contribution in [2.24, 2.45) is 12.1 Å². The Kier molecular flexibility index (Phi) is 3.78. The molecule has 2 aromatic rings. The quantitative estimate of drug-likeness (QED) is 0.483. The topological polar surface area (TPSA) is 77.7 Å². The van der Waals surface area contributed by atoms with Crippen molar-refractivity contribution in [3.63, 3.8) is 0 Å². The van der Waals surface area contributed by atoms with Gasteiger partial charge >= 0.3 is 0 Å². The van der Waals surface area contributed by atoms with Crippen LogP contribution in [0.15, 0.2) is 29.5 Å². The zero-order chi connectivity index (χ0) is 14.8. The van der Waals surface area contributed by atoms with Gasteiger partial charge in [0.1, 0.15) is 0 Å². The van der Waals surface area contributed by atoms with Crippen LogP contribution in [0.25, 0.3) is 0 Å². The number of carbonyl (C=O) groups is 1. The molecule has 8 heteroatoms. The highest BCUT2D eigenvalue weighted by Gasteiger charge is 2.14. The smallest absolute Gasteiger partial charge is 0.292 e. The monoisotopic (exact) mass is 398 g/mol. The molecule has 0 saturated heterocycles. The molecule has 3 rings (SSSR count). The highest BCUT2D eigenvalue weighted by molar-refractivity contribution is 14.1. The van der Waals surface area contributed by atoms with Crippen LogP contribution >= 0.6 is 22.6 Å². The number of fused-ring (bicyclic) bond motifs is 1. The number of carbonyl (C=O) groups excluding carboxylic acids is 1. The van der Waals surface area contributed by atoms with E-state index in [0.717, 1.165) is 9.13 Å². The summed E-state index contributed by atoms with van der Waals surface area (Å²) in [5.74, 6) is 1.03. The van der Waals surface area contributed by atoms with E-state index in [2.05, 4.69) is 38.2 Å². The minimum absolute atomic E-state index is 0.227. The summed E-state index contributed by atoms with van der Waals surface area (Å²) in [7, 11) is 1.76. The van der Waals surface area contributed by atoms with Gasteiger partial charge in [-0.15, -0.1) is 0 Å². The van der Waals surface area contributed by atoms with Crippen LogP contribution < -0.4 is 14.9 Å². The summed E-state index contributed by atoms with van der Waals surface area (Å²) >= 11 is 2.05. The molecular weight excluding hydrogens is 387 g/mol. The standard InChI is InChI=1S/C13H11IN4O3/c1-18-6-9(14)12(17-18)13(19)16-15-5-8-2-3-10-11(4-8)21-7-20-10/h2-6H,7H2,1H3,(H,16,19)/b15-5-. The summed E-state index contributed by atoms with van der Waals surface area (Å²) in [5.41, 5.74) is 3.60. The van der Waals surface area contributed by atoms with Crippen molar-refractivity contribution in [3.8, 4) is 11.5 Å². The first kappa shape index (κ1) is 13.9. The van der Waals surface area contributed by atoms with E-state index in [-0.39, 0.29) is 12.7 Å². The van der Waals surface area contributed by atoms with Gasteiger partial charge in [-0.3, -0.25) is 9.48 Å². The molecule has 0 radical (unpaired) electrons. The number of rotatable bonds is 3. The zero-order valence-corrected chi connectivity index (χ0v) is 13.2. The Morgan fingerprint density at radius 2 is 2.29 bits per heavy atom. The predicted octanol–water partition coefficient (Wildman–Crippen LogP) is 1.52. The van der Waals surface area contributed by atoms with E-state index >= 15 is 0 Å². The van der Waals surface area contributed by atoms with Gasteiger partial charge in [-0.2, -0.15) is 10.2 Å². The largest absolute Gasteiger partial charge is 0.454 e. The average Bonchev–Trinajstić information content (AvgIpc) is 3.04. The maximum Gasteiger partial charge on any atom is 0.292 e. The summed E-state index contributed by atoms with van der Waals surface area (Å²) in [6.45, 7) is 0.227. The third kappa shape index (κ3) is 2.99. The first-order chi connectivity index (χ1) is 10.1. The van der Waals surface area contributed by atoms with E-state index in [1.54, 1.807) is 30.1 Å². The van der Waals surface area contributed by atoms with Crippen molar-refractivity contribution in [3.05, 3.63) is 39.2 Å². The molecule has 1 aliphatic heterocycles. The van der Waals surface area contributed by atoms with Crippen LogP contribution in [0.3, 0.4) is 0 Å². The summed E-state index contributed by atoms with van der Waals surface area (Å²) in [6, 6.07) is 5.42. The molecule has 1 N–H and O–H groups in total. The van der Waals surface area contributed by atoms with Crippen molar-refractivity contribution >= 4 is 34.7 Å². The van der Waals surface area contributed by atoms with E-state index < -0.39 is 0 Å². The number of amides is 1. The van der Waals surface area contributed by atoms with Crippen LogP contribution in [0.1, 0.15) is 16.1 Å². The molecule has 21 heavy (non-hydrogen) atoms. The molecule has 0 aliphatic carbocycles. The molecule has 1 aromatic heterocycles. The van der Waals surface area contributed by atoms with E-state index in [9.17, 15) is 4.79 Å². The second kappa shape index (κ2) is 5.72. The number of nitrogens with zero attached hydrogens (tertiary/aromatic N) is 3. The lowest BCUT2D eigenvalue weighted by molar-refractivity contribution is 0.0948. The van der Waals surface area contributed by atoms with Gasteiger partial charge in [-0.1, -0.05) is 0 Å². The third-order valence-corrected chi connectivity index (χ3v) is 3.56. The highest BCUT2D eigenvalue weighted by atomic mass is 127. The number of hydrogen-bond acceptors (Lipinski definition) is 5. The van der Waals surface area contributed by atoms with Crippen molar-refractivity contribution < 1.29 is 14.3 Å². The molecule has 1 amide bonds. The number of halogens is 1. The fraction of sp³-hybridized carbons (Fsp3) is 0.154. The Balaban J connectivity index is 1.67. The number of benzene rings is 1. The molecule has 0 unspecified atom stereocenters. The first-order valence-electron chi connectivity index (χ1n) is 6.05. The molecular formula is C13H11IN4O3. The predicted molar refractivity (Wildman–Crippen MR) is 83.6 cm³/mol. The number of nitrogens with one attached hydrogen (secondary N) is 1. The summed E-state index contributed by atoms with van der Waals surface area (Å²) < 4.78 is 12.8. The van der Waals surface area contributed by atoms with E-state index in [1.807, 2.05) is 6.07 Å². The normalized spacial score (nSPS) is 12.9. The third-order valence-electron chi connectivity index (χ3n) is 2.78. The second-order valence-electron chi connectivity index (χ2n) is 4.31. The van der Waals surface area contributed by atoms with Gasteiger partial charge in [-0.05, 0) is 46.4 Å². The second-order valence-corrected chi connectivity index (χ2v) is 5.47. The van der Waals surface area contributed by atoms with Crippen LogP contribution in [0, 0.1) is 3.57 Å². The lowest BCUT2D eigenvalue weighted by Crippen LogP contribution is -2.19. The zero-order valence-electron chi connectivity index (χ0n) is 11.0. The number of hydrogen-bond donors (Lipinski definition) is 1. The Morgan fingerprint density at radius 3 is 3.05 bits per heavy atom. The van der Waals surface area contributed by atoms with Gasteiger partial charge in [0.15, 0.2) is 17.2 Å². The van der Waals surface area contributed by atoms with Crippen molar-refractivity contribution in [2.45, 2.75) is 0 Å². The number of aryl methyl sites for hydroxylation is 1. The lowest BCUT2D eigenvalue weighted by Gasteiger charge is -1.98. The Labute approximate surface area is 134 Å². The maximum atomic E-state index is 11.9. The molecule has 0 spiro atoms.